The minimum atomic E-state index is -2.71. The van der Waals surface area contributed by atoms with Crippen molar-refractivity contribution < 1.29 is 28.0 Å². The van der Waals surface area contributed by atoms with Gasteiger partial charge in [-0.1, -0.05) is 70.2 Å². The summed E-state index contributed by atoms with van der Waals surface area (Å²) in [5.74, 6) is -5.39. The van der Waals surface area contributed by atoms with E-state index in [1.165, 1.54) is 9.80 Å². The molecule has 0 aromatic heterocycles. The Balaban J connectivity index is 1.82. The van der Waals surface area contributed by atoms with E-state index < -0.39 is 53.1 Å². The van der Waals surface area contributed by atoms with Gasteiger partial charge in [-0.15, -0.1) is 0 Å². The molecule has 3 amide bonds. The number of fused-ring (bicyclic) bond motifs is 1. The molecule has 1 aliphatic heterocycles. The van der Waals surface area contributed by atoms with Crippen LogP contribution in [0.2, 0.25) is 0 Å². The zero-order valence-corrected chi connectivity index (χ0v) is 24.6. The Morgan fingerprint density at radius 1 is 0.791 bits per heavy atom. The molecule has 0 saturated heterocycles. The first kappa shape index (κ1) is 31.5. The number of nitrogens with one attached hydrogen (secondary N) is 1. The molecule has 4 rings (SSSR count). The minimum absolute atomic E-state index is 0.0417. The summed E-state index contributed by atoms with van der Waals surface area (Å²) in [5.41, 5.74) is 5.24. The summed E-state index contributed by atoms with van der Waals surface area (Å²) in [7, 11) is 0. The Morgan fingerprint density at radius 3 is 1.72 bits per heavy atom. The highest BCUT2D eigenvalue weighted by Gasteiger charge is 2.58. The summed E-state index contributed by atoms with van der Waals surface area (Å²) in [6.07, 6.45) is -0.463. The molecule has 3 aromatic rings. The predicted molar refractivity (Wildman–Crippen MR) is 160 cm³/mol. The van der Waals surface area contributed by atoms with E-state index in [0.29, 0.717) is 17.4 Å². The van der Waals surface area contributed by atoms with Crippen LogP contribution in [0.4, 0.5) is 20.2 Å². The number of rotatable bonds is 10. The quantitative estimate of drug-likeness (QED) is 0.342. The van der Waals surface area contributed by atoms with Crippen LogP contribution in [0.3, 0.4) is 0 Å². The van der Waals surface area contributed by atoms with Crippen molar-refractivity contribution in [2.75, 3.05) is 22.9 Å². The summed E-state index contributed by atoms with van der Waals surface area (Å²) in [6.45, 7) is 7.96. The molecule has 0 unspecified atom stereocenters. The lowest BCUT2D eigenvalue weighted by Crippen LogP contribution is -2.70. The highest BCUT2D eigenvalue weighted by molar-refractivity contribution is 6.37. The van der Waals surface area contributed by atoms with Gasteiger partial charge in [0.2, 0.25) is 11.4 Å². The number of benzene rings is 3. The molecule has 3 aromatic carbocycles. The zero-order chi connectivity index (χ0) is 31.5. The van der Waals surface area contributed by atoms with E-state index in [1.807, 2.05) is 27.7 Å². The Morgan fingerprint density at radius 2 is 1.26 bits per heavy atom. The Kier molecular flexibility index (Phi) is 9.40. The Labute approximate surface area is 249 Å². The lowest BCUT2D eigenvalue weighted by Gasteiger charge is -2.34. The van der Waals surface area contributed by atoms with Crippen LogP contribution in [0.1, 0.15) is 44.9 Å². The number of hydrogen-bond acceptors (Lipinski definition) is 5. The van der Waals surface area contributed by atoms with E-state index in [4.69, 9.17) is 5.73 Å². The van der Waals surface area contributed by atoms with Gasteiger partial charge in [-0.2, -0.15) is 0 Å². The molecule has 1 heterocycles. The SMILES string of the molecule is CC(C)CN1C(=O)C(N)(C(=O)[C@@H](NC(=O)Cc2cc(F)cc(F)c2)c2ccccc2)C(=O)N(CC(C)C)c2ccccc21. The fraction of sp³-hybridized carbons (Fsp3) is 0.333. The molecule has 0 saturated carbocycles. The Bertz CT molecular complexity index is 1460. The number of ketones is 1. The largest absolute Gasteiger partial charge is 0.342 e. The number of Topliss-reactive ketones (excluding diaryl/α,β-unsaturated/α-hetero) is 1. The molecular formula is C33H36F2N4O4. The maximum atomic E-state index is 14.5. The molecule has 0 spiro atoms. The minimum Gasteiger partial charge on any atom is -0.342 e. The summed E-state index contributed by atoms with van der Waals surface area (Å²) < 4.78 is 27.6. The number of halogens is 2. The predicted octanol–water partition coefficient (Wildman–Crippen LogP) is 4.32. The first-order valence-corrected chi connectivity index (χ1v) is 14.2. The van der Waals surface area contributed by atoms with Crippen LogP contribution in [0.5, 0.6) is 0 Å². The van der Waals surface area contributed by atoms with Gasteiger partial charge in [-0.25, -0.2) is 8.78 Å². The van der Waals surface area contributed by atoms with Crippen molar-refractivity contribution >= 4 is 34.9 Å². The highest BCUT2D eigenvalue weighted by Crippen LogP contribution is 2.38. The average Bonchev–Trinajstić information content (AvgIpc) is 3.01. The maximum Gasteiger partial charge on any atom is 0.264 e. The second-order valence-corrected chi connectivity index (χ2v) is 11.6. The number of amides is 3. The van der Waals surface area contributed by atoms with Gasteiger partial charge in [0.1, 0.15) is 17.7 Å². The molecule has 226 valence electrons. The number of hydrogen-bond donors (Lipinski definition) is 2. The fourth-order valence-electron chi connectivity index (χ4n) is 5.24. The van der Waals surface area contributed by atoms with Crippen molar-refractivity contribution in [3.05, 3.63) is 95.6 Å². The molecule has 3 N–H and O–H groups in total. The monoisotopic (exact) mass is 590 g/mol. The van der Waals surface area contributed by atoms with Gasteiger partial charge in [-0.05, 0) is 47.2 Å². The van der Waals surface area contributed by atoms with E-state index in [0.717, 1.165) is 12.1 Å². The molecule has 0 aliphatic carbocycles. The molecule has 0 bridgehead atoms. The molecule has 1 atom stereocenters. The molecule has 10 heteroatoms. The van der Waals surface area contributed by atoms with Gasteiger partial charge in [0.05, 0.1) is 17.8 Å². The number of anilines is 2. The third-order valence-electron chi connectivity index (χ3n) is 7.10. The molecule has 8 nitrogen and oxygen atoms in total. The molecular weight excluding hydrogens is 554 g/mol. The number of carbonyl (C=O) groups excluding carboxylic acids is 4. The second-order valence-electron chi connectivity index (χ2n) is 11.6. The van der Waals surface area contributed by atoms with Crippen molar-refractivity contribution in [1.29, 1.82) is 0 Å². The van der Waals surface area contributed by atoms with Crippen LogP contribution in [0, 0.1) is 23.5 Å². The lowest BCUT2D eigenvalue weighted by atomic mass is 9.84. The number of para-hydroxylation sites is 2. The van der Waals surface area contributed by atoms with E-state index in [9.17, 15) is 28.0 Å². The standard InChI is InChI=1S/C33H36F2N4O4/c1-20(2)18-38-26-12-8-9-13-27(26)39(19-21(3)4)32(43)33(36,31(38)42)30(41)29(23-10-6-5-7-11-23)37-28(40)16-22-14-24(34)17-25(35)15-22/h5-15,17,20-21,29H,16,18-19,36H2,1-4H3,(H,37,40)/t29-/m0/s1. The van der Waals surface area contributed by atoms with Crippen LogP contribution in [0.25, 0.3) is 0 Å². The summed E-state index contributed by atoms with van der Waals surface area (Å²) >= 11 is 0. The van der Waals surface area contributed by atoms with E-state index in [2.05, 4.69) is 5.32 Å². The first-order chi connectivity index (χ1) is 20.3. The summed E-state index contributed by atoms with van der Waals surface area (Å²) in [6, 6.07) is 16.2. The third kappa shape index (κ3) is 6.64. The normalized spacial score (nSPS) is 15.4. The molecule has 0 fully saturated rings. The number of nitrogens with zero attached hydrogens (tertiary/aromatic N) is 2. The third-order valence-corrected chi connectivity index (χ3v) is 7.10. The zero-order valence-electron chi connectivity index (χ0n) is 24.6. The van der Waals surface area contributed by atoms with Gasteiger partial charge in [-0.3, -0.25) is 19.2 Å². The van der Waals surface area contributed by atoms with E-state index >= 15 is 0 Å². The lowest BCUT2D eigenvalue weighted by molar-refractivity contribution is -0.144. The Hall–Kier alpha value is -4.44. The van der Waals surface area contributed by atoms with Crippen LogP contribution >= 0.6 is 0 Å². The number of carbonyl (C=O) groups is 4. The molecule has 0 radical (unpaired) electrons. The van der Waals surface area contributed by atoms with Crippen molar-refractivity contribution in [2.24, 2.45) is 17.6 Å². The van der Waals surface area contributed by atoms with Gasteiger partial charge in [0.15, 0.2) is 5.78 Å². The van der Waals surface area contributed by atoms with Crippen molar-refractivity contribution in [3.8, 4) is 0 Å². The van der Waals surface area contributed by atoms with Gasteiger partial charge < -0.3 is 20.9 Å². The van der Waals surface area contributed by atoms with Crippen LogP contribution in [-0.4, -0.2) is 42.1 Å². The second kappa shape index (κ2) is 12.8. The molecule has 43 heavy (non-hydrogen) atoms. The first-order valence-electron chi connectivity index (χ1n) is 14.2. The molecule has 1 aliphatic rings. The highest BCUT2D eigenvalue weighted by atomic mass is 19.1. The average molecular weight is 591 g/mol. The van der Waals surface area contributed by atoms with Crippen LogP contribution in [-0.2, 0) is 25.6 Å². The van der Waals surface area contributed by atoms with Crippen molar-refractivity contribution in [3.63, 3.8) is 0 Å². The number of nitrogens with two attached hydrogens (primary N) is 1. The fourth-order valence-corrected chi connectivity index (χ4v) is 5.24. The van der Waals surface area contributed by atoms with E-state index in [-0.39, 0.29) is 36.1 Å². The van der Waals surface area contributed by atoms with Crippen molar-refractivity contribution in [2.45, 2.75) is 45.7 Å². The smallest absolute Gasteiger partial charge is 0.264 e. The topological polar surface area (TPSA) is 113 Å². The van der Waals surface area contributed by atoms with Gasteiger partial charge in [0.25, 0.3) is 11.8 Å². The summed E-state index contributed by atoms with van der Waals surface area (Å²) in [5, 5.41) is 2.58. The van der Waals surface area contributed by atoms with Gasteiger partial charge >= 0.3 is 0 Å². The summed E-state index contributed by atoms with van der Waals surface area (Å²) in [4.78, 5) is 59.2. The van der Waals surface area contributed by atoms with Gasteiger partial charge in [0, 0.05) is 19.2 Å². The maximum absolute atomic E-state index is 14.5. The van der Waals surface area contributed by atoms with Crippen LogP contribution < -0.4 is 20.9 Å². The van der Waals surface area contributed by atoms with Crippen molar-refractivity contribution in [1.82, 2.24) is 5.32 Å². The van der Waals surface area contributed by atoms with Crippen LogP contribution in [0.15, 0.2) is 72.8 Å². The van der Waals surface area contributed by atoms with E-state index in [1.54, 1.807) is 54.6 Å².